The fourth-order valence-corrected chi connectivity index (χ4v) is 2.36. The van der Waals surface area contributed by atoms with Crippen LogP contribution in [0.1, 0.15) is 12.5 Å². The molecule has 0 amide bonds. The lowest BCUT2D eigenvalue weighted by Crippen LogP contribution is -2.02. The quantitative estimate of drug-likeness (QED) is 0.445. The summed E-state index contributed by atoms with van der Waals surface area (Å²) in [6, 6.07) is 15.6. The van der Waals surface area contributed by atoms with E-state index in [1.165, 1.54) is 0 Å². The molecule has 8 nitrogen and oxygen atoms in total. The Morgan fingerprint density at radius 3 is 2.92 bits per heavy atom. The van der Waals surface area contributed by atoms with Crippen LogP contribution in [-0.4, -0.2) is 35.9 Å². The van der Waals surface area contributed by atoms with Crippen molar-refractivity contribution in [1.29, 1.82) is 0 Å². The first-order valence-electron chi connectivity index (χ1n) is 7.38. The van der Waals surface area contributed by atoms with Crippen molar-refractivity contribution in [2.24, 2.45) is 5.10 Å². The molecule has 24 heavy (non-hydrogen) atoms. The number of tetrazole rings is 1. The number of aromatic nitrogens is 6. The zero-order chi connectivity index (χ0) is 16.4. The zero-order valence-electron chi connectivity index (χ0n) is 12.9. The molecule has 0 spiro atoms. The van der Waals surface area contributed by atoms with E-state index in [0.29, 0.717) is 5.95 Å². The molecule has 0 atom stereocenters. The molecule has 2 heterocycles. The van der Waals surface area contributed by atoms with Crippen molar-refractivity contribution < 1.29 is 0 Å². The lowest BCUT2D eigenvalue weighted by atomic mass is 10.1. The van der Waals surface area contributed by atoms with Gasteiger partial charge in [0.05, 0.1) is 22.4 Å². The van der Waals surface area contributed by atoms with Crippen molar-refractivity contribution >= 4 is 22.7 Å². The molecular weight excluding hydrogens is 304 g/mol. The molecule has 2 aromatic heterocycles. The number of benzene rings is 2. The number of hydrogen-bond donors (Lipinski definition) is 2. The van der Waals surface area contributed by atoms with Gasteiger partial charge >= 0.3 is 0 Å². The van der Waals surface area contributed by atoms with Crippen molar-refractivity contribution in [2.45, 2.75) is 6.92 Å². The lowest BCUT2D eigenvalue weighted by Gasteiger charge is -2.04. The van der Waals surface area contributed by atoms with Crippen LogP contribution >= 0.6 is 0 Å². The van der Waals surface area contributed by atoms with E-state index in [4.69, 9.17) is 0 Å². The van der Waals surface area contributed by atoms with E-state index in [-0.39, 0.29) is 0 Å². The highest BCUT2D eigenvalue weighted by molar-refractivity contribution is 5.99. The molecule has 0 aliphatic carbocycles. The standard InChI is InChI=1S/C16H14N8/c1-11(12-5-4-6-13(9-12)24-10-17-22-23-24)20-21-16-18-14-7-2-3-8-15(14)19-16/h2-10H,1H3,(H2,18,19,21)/b20-11-. The molecule has 0 radical (unpaired) electrons. The molecule has 0 unspecified atom stereocenters. The Labute approximate surface area is 137 Å². The number of H-pyrrole nitrogens is 1. The minimum Gasteiger partial charge on any atom is -0.323 e. The van der Waals surface area contributed by atoms with Gasteiger partial charge in [0.1, 0.15) is 6.33 Å². The fourth-order valence-electron chi connectivity index (χ4n) is 2.36. The van der Waals surface area contributed by atoms with Gasteiger partial charge in [-0.25, -0.2) is 15.1 Å². The number of para-hydroxylation sites is 2. The first-order valence-corrected chi connectivity index (χ1v) is 7.38. The molecule has 8 heteroatoms. The molecule has 0 aliphatic rings. The smallest absolute Gasteiger partial charge is 0.222 e. The van der Waals surface area contributed by atoms with Crippen molar-refractivity contribution in [3.8, 4) is 5.69 Å². The van der Waals surface area contributed by atoms with Crippen LogP contribution in [0.15, 0.2) is 60.0 Å². The molecular formula is C16H14N8. The number of aromatic amines is 1. The van der Waals surface area contributed by atoms with Gasteiger partial charge in [0, 0.05) is 0 Å². The summed E-state index contributed by atoms with van der Waals surface area (Å²) in [6.45, 7) is 1.92. The second-order valence-electron chi connectivity index (χ2n) is 5.22. The van der Waals surface area contributed by atoms with Gasteiger partial charge in [-0.1, -0.05) is 24.3 Å². The Balaban J connectivity index is 1.57. The number of hydrazone groups is 1. The third-order valence-corrected chi connectivity index (χ3v) is 3.60. The SMILES string of the molecule is C/C(=N/Nc1nc2ccccc2[nH]1)c1cccc(-n2cnnn2)c1. The lowest BCUT2D eigenvalue weighted by molar-refractivity contribution is 0.789. The molecule has 4 aromatic rings. The summed E-state index contributed by atoms with van der Waals surface area (Å²) in [5.74, 6) is 0.604. The first kappa shape index (κ1) is 14.1. The van der Waals surface area contributed by atoms with Gasteiger partial charge in [-0.05, 0) is 47.2 Å². The van der Waals surface area contributed by atoms with Crippen LogP contribution in [0.4, 0.5) is 5.95 Å². The largest absolute Gasteiger partial charge is 0.323 e. The topological polar surface area (TPSA) is 96.7 Å². The summed E-state index contributed by atoms with van der Waals surface area (Å²) in [5.41, 5.74) is 7.48. The Hall–Kier alpha value is -3.55. The van der Waals surface area contributed by atoms with Crippen LogP contribution < -0.4 is 5.43 Å². The van der Waals surface area contributed by atoms with E-state index in [1.807, 2.05) is 55.5 Å². The number of nitrogens with one attached hydrogen (secondary N) is 2. The highest BCUT2D eigenvalue weighted by Gasteiger charge is 2.04. The number of rotatable bonds is 4. The van der Waals surface area contributed by atoms with Crippen LogP contribution in [0.2, 0.25) is 0 Å². The average molecular weight is 318 g/mol. The van der Waals surface area contributed by atoms with Crippen LogP contribution in [-0.2, 0) is 0 Å². The van der Waals surface area contributed by atoms with Gasteiger partial charge in [0.25, 0.3) is 0 Å². The Morgan fingerprint density at radius 1 is 1.17 bits per heavy atom. The summed E-state index contributed by atoms with van der Waals surface area (Å²) in [5, 5.41) is 15.6. The second kappa shape index (κ2) is 5.92. The fraction of sp³-hybridized carbons (Fsp3) is 0.0625. The number of imidazole rings is 1. The molecule has 0 fully saturated rings. The summed E-state index contributed by atoms with van der Waals surface area (Å²) < 4.78 is 1.60. The van der Waals surface area contributed by atoms with Gasteiger partial charge in [-0.2, -0.15) is 5.10 Å². The highest BCUT2D eigenvalue weighted by Crippen LogP contribution is 2.14. The molecule has 0 bridgehead atoms. The summed E-state index contributed by atoms with van der Waals surface area (Å²) in [4.78, 5) is 7.61. The van der Waals surface area contributed by atoms with E-state index in [2.05, 4.69) is 36.0 Å². The first-order chi connectivity index (χ1) is 11.8. The van der Waals surface area contributed by atoms with Crippen LogP contribution in [0, 0.1) is 0 Å². The number of nitrogens with zero attached hydrogens (tertiary/aromatic N) is 6. The minimum atomic E-state index is 0.604. The summed E-state index contributed by atoms with van der Waals surface area (Å²) in [7, 11) is 0. The third kappa shape index (κ3) is 2.72. The Kier molecular flexibility index (Phi) is 3.47. The number of fused-ring (bicyclic) bond motifs is 1. The second-order valence-corrected chi connectivity index (χ2v) is 5.22. The van der Waals surface area contributed by atoms with Crippen molar-refractivity contribution in [1.82, 2.24) is 30.2 Å². The van der Waals surface area contributed by atoms with E-state index in [0.717, 1.165) is 28.0 Å². The van der Waals surface area contributed by atoms with Crippen LogP contribution in [0.25, 0.3) is 16.7 Å². The maximum atomic E-state index is 4.43. The number of anilines is 1. The van der Waals surface area contributed by atoms with Gasteiger partial charge in [0.2, 0.25) is 5.95 Å². The van der Waals surface area contributed by atoms with Crippen LogP contribution in [0.5, 0.6) is 0 Å². The predicted octanol–water partition coefficient (Wildman–Crippen LogP) is 2.37. The molecule has 2 N–H and O–H groups in total. The normalized spacial score (nSPS) is 11.8. The number of hydrogen-bond acceptors (Lipinski definition) is 6. The van der Waals surface area contributed by atoms with Gasteiger partial charge in [-0.3, -0.25) is 0 Å². The van der Waals surface area contributed by atoms with E-state index in [9.17, 15) is 0 Å². The summed E-state index contributed by atoms with van der Waals surface area (Å²) in [6.07, 6.45) is 1.55. The van der Waals surface area contributed by atoms with Gasteiger partial charge in [-0.15, -0.1) is 5.10 Å². The maximum Gasteiger partial charge on any atom is 0.222 e. The molecule has 118 valence electrons. The van der Waals surface area contributed by atoms with E-state index < -0.39 is 0 Å². The van der Waals surface area contributed by atoms with Crippen LogP contribution in [0.3, 0.4) is 0 Å². The molecule has 4 rings (SSSR count). The molecule has 0 aliphatic heterocycles. The molecule has 0 saturated heterocycles. The van der Waals surface area contributed by atoms with Gasteiger partial charge in [0.15, 0.2) is 0 Å². The maximum absolute atomic E-state index is 4.43. The third-order valence-electron chi connectivity index (χ3n) is 3.60. The average Bonchev–Trinajstić information content (AvgIpc) is 3.29. The Bertz CT molecular complexity index is 967. The van der Waals surface area contributed by atoms with E-state index >= 15 is 0 Å². The monoisotopic (exact) mass is 318 g/mol. The molecule has 2 aromatic carbocycles. The summed E-state index contributed by atoms with van der Waals surface area (Å²) >= 11 is 0. The molecule has 0 saturated carbocycles. The van der Waals surface area contributed by atoms with Gasteiger partial charge < -0.3 is 4.98 Å². The Morgan fingerprint density at radius 2 is 2.08 bits per heavy atom. The highest BCUT2D eigenvalue weighted by atomic mass is 15.5. The van der Waals surface area contributed by atoms with E-state index in [1.54, 1.807) is 11.0 Å². The van der Waals surface area contributed by atoms with Crippen molar-refractivity contribution in [3.05, 3.63) is 60.4 Å². The zero-order valence-corrected chi connectivity index (χ0v) is 12.9. The van der Waals surface area contributed by atoms with Crippen molar-refractivity contribution in [3.63, 3.8) is 0 Å². The predicted molar refractivity (Wildman–Crippen MR) is 91.1 cm³/mol. The minimum absolute atomic E-state index is 0.604. The van der Waals surface area contributed by atoms with Crippen molar-refractivity contribution in [2.75, 3.05) is 5.43 Å².